The lowest BCUT2D eigenvalue weighted by atomic mass is 10.2. The fourth-order valence-electron chi connectivity index (χ4n) is 1.51. The highest BCUT2D eigenvalue weighted by atomic mass is 79.9. The lowest BCUT2D eigenvalue weighted by Crippen LogP contribution is -1.89. The summed E-state index contributed by atoms with van der Waals surface area (Å²) in [5, 5.41) is 8.94. The first-order valence-electron chi connectivity index (χ1n) is 5.34. The van der Waals surface area contributed by atoms with Gasteiger partial charge in [0.15, 0.2) is 0 Å². The maximum absolute atomic E-state index is 8.94. The van der Waals surface area contributed by atoms with Crippen molar-refractivity contribution < 1.29 is 0 Å². The van der Waals surface area contributed by atoms with Crippen molar-refractivity contribution >= 4 is 33.4 Å². The topological polar surface area (TPSA) is 49.8 Å². The van der Waals surface area contributed by atoms with Crippen LogP contribution in [0.25, 0.3) is 0 Å². The predicted molar refractivity (Wildman–Crippen MR) is 78.6 cm³/mol. The van der Waals surface area contributed by atoms with Gasteiger partial charge in [-0.15, -0.1) is 0 Å². The van der Waals surface area contributed by atoms with Gasteiger partial charge in [0.1, 0.15) is 6.07 Å². The van der Waals surface area contributed by atoms with Crippen LogP contribution >= 0.6 is 27.7 Å². The van der Waals surface area contributed by atoms with E-state index in [2.05, 4.69) is 35.0 Å². The Bertz CT molecular complexity index is 632. The quantitative estimate of drug-likeness (QED) is 0.837. The maximum Gasteiger partial charge on any atom is 0.101 e. The number of nitrogen functional groups attached to an aromatic ring is 1. The number of nitrogens with zero attached hydrogens (tertiary/aromatic N) is 1. The number of nitrogens with two attached hydrogens (primary N) is 1. The van der Waals surface area contributed by atoms with E-state index in [4.69, 9.17) is 11.0 Å². The molecule has 0 aliphatic rings. The molecule has 0 unspecified atom stereocenters. The lowest BCUT2D eigenvalue weighted by molar-refractivity contribution is 1.32. The smallest absolute Gasteiger partial charge is 0.101 e. The SMILES string of the molecule is Cc1cc(Sc2ccc(N)c(C#N)c2)ccc1Br. The van der Waals surface area contributed by atoms with E-state index in [0.29, 0.717) is 11.3 Å². The molecule has 2 rings (SSSR count). The minimum atomic E-state index is 0.522. The molecule has 0 saturated carbocycles. The number of nitriles is 1. The van der Waals surface area contributed by atoms with E-state index in [0.717, 1.165) is 14.3 Å². The van der Waals surface area contributed by atoms with E-state index < -0.39 is 0 Å². The highest BCUT2D eigenvalue weighted by Gasteiger charge is 2.03. The van der Waals surface area contributed by atoms with Gasteiger partial charge < -0.3 is 5.73 Å². The molecule has 4 heteroatoms. The second kappa shape index (κ2) is 5.47. The Labute approximate surface area is 119 Å². The summed E-state index contributed by atoms with van der Waals surface area (Å²) >= 11 is 5.10. The Balaban J connectivity index is 2.29. The highest BCUT2D eigenvalue weighted by molar-refractivity contribution is 9.10. The molecule has 0 fully saturated rings. The number of anilines is 1. The summed E-state index contributed by atoms with van der Waals surface area (Å²) in [7, 11) is 0. The van der Waals surface area contributed by atoms with E-state index in [1.165, 1.54) is 5.56 Å². The fraction of sp³-hybridized carbons (Fsp3) is 0.0714. The second-order valence-electron chi connectivity index (χ2n) is 3.87. The first-order valence-corrected chi connectivity index (χ1v) is 6.95. The van der Waals surface area contributed by atoms with Crippen LogP contribution in [-0.4, -0.2) is 0 Å². The molecule has 0 aromatic heterocycles. The standard InChI is InChI=1S/C14H11BrN2S/c1-9-6-11(2-4-13(9)15)18-12-3-5-14(17)10(7-12)8-16/h2-7H,17H2,1H3. The Morgan fingerprint density at radius 1 is 1.17 bits per heavy atom. The molecule has 0 aliphatic heterocycles. The van der Waals surface area contributed by atoms with Crippen molar-refractivity contribution in [3.8, 4) is 6.07 Å². The normalized spacial score (nSPS) is 10.1. The monoisotopic (exact) mass is 318 g/mol. The van der Waals surface area contributed by atoms with E-state index in [9.17, 15) is 0 Å². The number of halogens is 1. The van der Waals surface area contributed by atoms with Crippen LogP contribution in [0.1, 0.15) is 11.1 Å². The zero-order chi connectivity index (χ0) is 13.1. The van der Waals surface area contributed by atoms with Crippen molar-refractivity contribution in [2.24, 2.45) is 0 Å². The molecular weight excluding hydrogens is 308 g/mol. The van der Waals surface area contributed by atoms with E-state index in [1.807, 2.05) is 24.3 Å². The van der Waals surface area contributed by atoms with E-state index >= 15 is 0 Å². The average molecular weight is 319 g/mol. The summed E-state index contributed by atoms with van der Waals surface area (Å²) in [5.74, 6) is 0. The Morgan fingerprint density at radius 2 is 1.83 bits per heavy atom. The van der Waals surface area contributed by atoms with Gasteiger partial charge in [-0.25, -0.2) is 0 Å². The van der Waals surface area contributed by atoms with Crippen molar-refractivity contribution in [1.29, 1.82) is 5.26 Å². The third-order valence-electron chi connectivity index (χ3n) is 2.51. The van der Waals surface area contributed by atoms with Crippen LogP contribution in [0.3, 0.4) is 0 Å². The maximum atomic E-state index is 8.94. The Hall–Kier alpha value is -1.44. The molecule has 0 aliphatic carbocycles. The van der Waals surface area contributed by atoms with Crippen molar-refractivity contribution in [3.05, 3.63) is 52.0 Å². The van der Waals surface area contributed by atoms with Crippen molar-refractivity contribution in [1.82, 2.24) is 0 Å². The number of hydrogen-bond donors (Lipinski definition) is 1. The van der Waals surface area contributed by atoms with E-state index in [1.54, 1.807) is 17.8 Å². The second-order valence-corrected chi connectivity index (χ2v) is 5.88. The summed E-state index contributed by atoms with van der Waals surface area (Å²) in [6, 6.07) is 13.8. The fourth-order valence-corrected chi connectivity index (χ4v) is 2.72. The average Bonchev–Trinajstić information content (AvgIpc) is 2.36. The molecule has 18 heavy (non-hydrogen) atoms. The van der Waals surface area contributed by atoms with Crippen LogP contribution in [0.5, 0.6) is 0 Å². The first-order chi connectivity index (χ1) is 8.60. The van der Waals surface area contributed by atoms with Gasteiger partial charge in [0.05, 0.1) is 5.56 Å². The minimum Gasteiger partial charge on any atom is -0.398 e. The van der Waals surface area contributed by atoms with Crippen molar-refractivity contribution in [3.63, 3.8) is 0 Å². The van der Waals surface area contributed by atoms with Crippen LogP contribution < -0.4 is 5.73 Å². The van der Waals surface area contributed by atoms with Crippen molar-refractivity contribution in [2.45, 2.75) is 16.7 Å². The van der Waals surface area contributed by atoms with Crippen molar-refractivity contribution in [2.75, 3.05) is 5.73 Å². The van der Waals surface area contributed by atoms with Crippen LogP contribution in [-0.2, 0) is 0 Å². The molecular formula is C14H11BrN2S. The summed E-state index contributed by atoms with van der Waals surface area (Å²) in [5.41, 5.74) is 7.93. The summed E-state index contributed by atoms with van der Waals surface area (Å²) in [4.78, 5) is 2.16. The molecule has 0 saturated heterocycles. The molecule has 0 heterocycles. The summed E-state index contributed by atoms with van der Waals surface area (Å²) in [6.45, 7) is 2.05. The molecule has 0 bridgehead atoms. The van der Waals surface area contributed by atoms with Gasteiger partial charge in [-0.1, -0.05) is 27.7 Å². The van der Waals surface area contributed by atoms with Crippen LogP contribution in [0.2, 0.25) is 0 Å². The number of aryl methyl sites for hydroxylation is 1. The molecule has 2 nitrogen and oxygen atoms in total. The molecule has 2 aromatic carbocycles. The molecule has 90 valence electrons. The minimum absolute atomic E-state index is 0.522. The zero-order valence-electron chi connectivity index (χ0n) is 9.77. The van der Waals surface area contributed by atoms with Crippen LogP contribution in [0, 0.1) is 18.3 Å². The Kier molecular flexibility index (Phi) is 3.95. The van der Waals surface area contributed by atoms with Gasteiger partial charge >= 0.3 is 0 Å². The summed E-state index contributed by atoms with van der Waals surface area (Å²) < 4.78 is 1.10. The summed E-state index contributed by atoms with van der Waals surface area (Å²) in [6.07, 6.45) is 0. The van der Waals surface area contributed by atoms with Crippen LogP contribution in [0.15, 0.2) is 50.7 Å². The lowest BCUT2D eigenvalue weighted by Gasteiger charge is -2.05. The van der Waals surface area contributed by atoms with Crippen LogP contribution in [0.4, 0.5) is 5.69 Å². The van der Waals surface area contributed by atoms with Gasteiger partial charge in [0.25, 0.3) is 0 Å². The third-order valence-corrected chi connectivity index (χ3v) is 4.38. The van der Waals surface area contributed by atoms with Gasteiger partial charge in [0, 0.05) is 20.0 Å². The predicted octanol–water partition coefficient (Wildman–Crippen LogP) is 4.36. The van der Waals surface area contributed by atoms with Gasteiger partial charge in [-0.2, -0.15) is 5.26 Å². The zero-order valence-corrected chi connectivity index (χ0v) is 12.2. The third kappa shape index (κ3) is 2.87. The molecule has 2 N–H and O–H groups in total. The van der Waals surface area contributed by atoms with Gasteiger partial charge in [-0.3, -0.25) is 0 Å². The largest absolute Gasteiger partial charge is 0.398 e. The molecule has 0 amide bonds. The number of benzene rings is 2. The van der Waals surface area contributed by atoms with E-state index in [-0.39, 0.29) is 0 Å². The number of rotatable bonds is 2. The van der Waals surface area contributed by atoms with Gasteiger partial charge in [0.2, 0.25) is 0 Å². The molecule has 0 spiro atoms. The first kappa shape index (κ1) is 13.0. The van der Waals surface area contributed by atoms with Gasteiger partial charge in [-0.05, 0) is 48.9 Å². The molecule has 0 radical (unpaired) electrons. The highest BCUT2D eigenvalue weighted by Crippen LogP contribution is 2.31. The number of hydrogen-bond acceptors (Lipinski definition) is 3. The molecule has 0 atom stereocenters. The molecule has 2 aromatic rings. The Morgan fingerprint density at radius 3 is 2.50 bits per heavy atom.